The molecule has 4 nitrogen and oxygen atoms in total. The van der Waals surface area contributed by atoms with Gasteiger partial charge in [0.1, 0.15) is 5.75 Å². The zero-order valence-corrected chi connectivity index (χ0v) is 15.3. The van der Waals surface area contributed by atoms with Gasteiger partial charge in [0.15, 0.2) is 5.82 Å². The number of pyridine rings is 1. The van der Waals surface area contributed by atoms with Crippen LogP contribution >= 0.6 is 31.9 Å². The Morgan fingerprint density at radius 3 is 2.71 bits per heavy atom. The van der Waals surface area contributed by atoms with E-state index >= 15 is 0 Å². The monoisotopic (exact) mass is 413 g/mol. The molecule has 0 saturated carbocycles. The number of nitrogens with one attached hydrogen (secondary N) is 1. The van der Waals surface area contributed by atoms with Crippen molar-refractivity contribution in [3.8, 4) is 5.75 Å². The Morgan fingerprint density at radius 2 is 2.05 bits per heavy atom. The lowest BCUT2D eigenvalue weighted by Gasteiger charge is -2.18. The van der Waals surface area contributed by atoms with Gasteiger partial charge in [-0.15, -0.1) is 0 Å². The molecule has 0 amide bonds. The van der Waals surface area contributed by atoms with Crippen molar-refractivity contribution in [2.24, 2.45) is 0 Å². The Morgan fingerprint density at radius 1 is 1.29 bits per heavy atom. The summed E-state index contributed by atoms with van der Waals surface area (Å²) in [4.78, 5) is 6.36. The van der Waals surface area contributed by atoms with Crippen LogP contribution in [0.15, 0.2) is 39.4 Å². The van der Waals surface area contributed by atoms with Crippen LogP contribution in [0.2, 0.25) is 0 Å². The molecule has 2 aromatic rings. The molecule has 6 heteroatoms. The first-order valence-electron chi connectivity index (χ1n) is 6.41. The van der Waals surface area contributed by atoms with Crippen LogP contribution in [0.25, 0.3) is 0 Å². The molecule has 1 aromatic carbocycles. The van der Waals surface area contributed by atoms with E-state index in [2.05, 4.69) is 42.2 Å². The van der Waals surface area contributed by atoms with Crippen LogP contribution < -0.4 is 15.0 Å². The summed E-state index contributed by atoms with van der Waals surface area (Å²) >= 11 is 7.03. The number of benzene rings is 1. The van der Waals surface area contributed by atoms with E-state index in [0.29, 0.717) is 6.54 Å². The van der Waals surface area contributed by atoms with E-state index in [9.17, 15) is 0 Å². The minimum atomic E-state index is 0.647. The molecule has 0 radical (unpaired) electrons. The maximum absolute atomic E-state index is 5.46. The maximum atomic E-state index is 5.46. The predicted octanol–water partition coefficient (Wildman–Crippen LogP) is 4.29. The first kappa shape index (κ1) is 16.1. The average Bonchev–Trinajstić information content (AvgIpc) is 2.44. The highest BCUT2D eigenvalue weighted by atomic mass is 79.9. The standard InChI is InChI=1S/C15H17Br2N3O/c1-20(2)15-13(5-4-6-18-15)19-9-10-7-11(16)8-12(17)14(10)21-3/h4-8,19H,9H2,1-3H3. The van der Waals surface area contributed by atoms with E-state index in [1.165, 1.54) is 0 Å². The Hall–Kier alpha value is -1.27. The van der Waals surface area contributed by atoms with Crippen LogP contribution in [-0.2, 0) is 6.54 Å². The second-order valence-corrected chi connectivity index (χ2v) is 6.47. The fourth-order valence-electron chi connectivity index (χ4n) is 2.06. The third kappa shape index (κ3) is 3.89. The quantitative estimate of drug-likeness (QED) is 0.791. The lowest BCUT2D eigenvalue weighted by molar-refractivity contribution is 0.407. The van der Waals surface area contributed by atoms with Crippen LogP contribution in [-0.4, -0.2) is 26.2 Å². The molecular formula is C15H17Br2N3O. The van der Waals surface area contributed by atoms with Crippen molar-refractivity contribution in [2.75, 3.05) is 31.4 Å². The molecular weight excluding hydrogens is 398 g/mol. The van der Waals surface area contributed by atoms with Gasteiger partial charge >= 0.3 is 0 Å². The molecule has 0 unspecified atom stereocenters. The summed E-state index contributed by atoms with van der Waals surface area (Å²) in [6.45, 7) is 0.647. The zero-order chi connectivity index (χ0) is 15.4. The Balaban J connectivity index is 2.25. The topological polar surface area (TPSA) is 37.4 Å². The smallest absolute Gasteiger partial charge is 0.151 e. The van der Waals surface area contributed by atoms with Gasteiger partial charge in [0, 0.05) is 36.9 Å². The summed E-state index contributed by atoms with van der Waals surface area (Å²) in [6, 6.07) is 7.95. The highest BCUT2D eigenvalue weighted by Crippen LogP contribution is 2.33. The van der Waals surface area contributed by atoms with Gasteiger partial charge in [0.05, 0.1) is 17.3 Å². The highest BCUT2D eigenvalue weighted by molar-refractivity contribution is 9.11. The van der Waals surface area contributed by atoms with Crippen molar-refractivity contribution in [3.05, 3.63) is 45.0 Å². The van der Waals surface area contributed by atoms with Crippen LogP contribution in [0.4, 0.5) is 11.5 Å². The van der Waals surface area contributed by atoms with Crippen LogP contribution in [0.3, 0.4) is 0 Å². The second-order valence-electron chi connectivity index (χ2n) is 4.70. The third-order valence-corrected chi connectivity index (χ3v) is 4.02. The Labute approximate surface area is 141 Å². The molecule has 0 saturated heterocycles. The van der Waals surface area contributed by atoms with E-state index in [4.69, 9.17) is 4.74 Å². The van der Waals surface area contributed by atoms with E-state index in [-0.39, 0.29) is 0 Å². The second kappa shape index (κ2) is 7.13. The number of ether oxygens (including phenoxy) is 1. The Bertz CT molecular complexity index is 632. The fraction of sp³-hybridized carbons (Fsp3) is 0.267. The molecule has 0 aliphatic rings. The highest BCUT2D eigenvalue weighted by Gasteiger charge is 2.11. The van der Waals surface area contributed by atoms with E-state index in [1.807, 2.05) is 43.3 Å². The normalized spacial score (nSPS) is 10.3. The first-order valence-corrected chi connectivity index (χ1v) is 7.99. The predicted molar refractivity (Wildman–Crippen MR) is 94.3 cm³/mol. The summed E-state index contributed by atoms with van der Waals surface area (Å²) in [5.74, 6) is 1.74. The van der Waals surface area contributed by atoms with Gasteiger partial charge in [-0.2, -0.15) is 0 Å². The molecule has 1 aromatic heterocycles. The SMILES string of the molecule is COc1c(Br)cc(Br)cc1CNc1cccnc1N(C)C. The van der Waals surface area contributed by atoms with E-state index < -0.39 is 0 Å². The van der Waals surface area contributed by atoms with Gasteiger partial charge in [-0.1, -0.05) is 15.9 Å². The maximum Gasteiger partial charge on any atom is 0.151 e. The number of aromatic nitrogens is 1. The summed E-state index contributed by atoms with van der Waals surface area (Å²) in [6.07, 6.45) is 1.79. The molecule has 0 spiro atoms. The lowest BCUT2D eigenvalue weighted by Crippen LogP contribution is -2.14. The van der Waals surface area contributed by atoms with Crippen molar-refractivity contribution in [3.63, 3.8) is 0 Å². The van der Waals surface area contributed by atoms with Gasteiger partial charge in [-0.05, 0) is 40.2 Å². The summed E-state index contributed by atoms with van der Waals surface area (Å²) in [5, 5.41) is 3.41. The number of rotatable bonds is 5. The zero-order valence-electron chi connectivity index (χ0n) is 12.2. The van der Waals surface area contributed by atoms with Crippen LogP contribution in [0.1, 0.15) is 5.56 Å². The Kier molecular flexibility index (Phi) is 5.47. The van der Waals surface area contributed by atoms with Gasteiger partial charge < -0.3 is 15.0 Å². The lowest BCUT2D eigenvalue weighted by atomic mass is 10.2. The number of methoxy groups -OCH3 is 1. The summed E-state index contributed by atoms with van der Waals surface area (Å²) in [7, 11) is 5.63. The summed E-state index contributed by atoms with van der Waals surface area (Å²) in [5.41, 5.74) is 2.05. The van der Waals surface area contributed by atoms with Gasteiger partial charge in [-0.3, -0.25) is 0 Å². The number of hydrogen-bond donors (Lipinski definition) is 1. The minimum Gasteiger partial charge on any atom is -0.495 e. The molecule has 21 heavy (non-hydrogen) atoms. The summed E-state index contributed by atoms with van der Waals surface area (Å²) < 4.78 is 7.40. The van der Waals surface area contributed by atoms with Gasteiger partial charge in [0.2, 0.25) is 0 Å². The number of hydrogen-bond acceptors (Lipinski definition) is 4. The molecule has 0 aliphatic heterocycles. The minimum absolute atomic E-state index is 0.647. The molecule has 112 valence electrons. The van der Waals surface area contributed by atoms with Crippen molar-refractivity contribution >= 4 is 43.4 Å². The van der Waals surface area contributed by atoms with Gasteiger partial charge in [-0.25, -0.2) is 4.98 Å². The van der Waals surface area contributed by atoms with E-state index in [1.54, 1.807) is 13.3 Å². The average molecular weight is 415 g/mol. The van der Waals surface area contributed by atoms with Crippen molar-refractivity contribution in [2.45, 2.75) is 6.54 Å². The number of anilines is 2. The molecule has 0 aliphatic carbocycles. The fourth-order valence-corrected chi connectivity index (χ4v) is 3.53. The molecule has 0 fully saturated rings. The van der Waals surface area contributed by atoms with Crippen molar-refractivity contribution in [1.29, 1.82) is 0 Å². The van der Waals surface area contributed by atoms with Crippen LogP contribution in [0, 0.1) is 0 Å². The van der Waals surface area contributed by atoms with Crippen molar-refractivity contribution in [1.82, 2.24) is 4.98 Å². The van der Waals surface area contributed by atoms with Crippen LogP contribution in [0.5, 0.6) is 5.75 Å². The van der Waals surface area contributed by atoms with E-state index in [0.717, 1.165) is 31.8 Å². The molecule has 0 atom stereocenters. The number of halogens is 2. The third-order valence-electron chi connectivity index (χ3n) is 2.97. The first-order chi connectivity index (χ1) is 10.0. The molecule has 0 bridgehead atoms. The van der Waals surface area contributed by atoms with Gasteiger partial charge in [0.25, 0.3) is 0 Å². The number of nitrogens with zero attached hydrogens (tertiary/aromatic N) is 2. The molecule has 1 N–H and O–H groups in total. The molecule has 1 heterocycles. The molecule has 2 rings (SSSR count). The van der Waals surface area contributed by atoms with Crippen molar-refractivity contribution < 1.29 is 4.74 Å². The largest absolute Gasteiger partial charge is 0.495 e.